The fraction of sp³-hybridized carbons (Fsp3) is 0.500. The minimum absolute atomic E-state index is 0.153. The van der Waals surface area contributed by atoms with Gasteiger partial charge in [0.1, 0.15) is 11.5 Å². The highest BCUT2D eigenvalue weighted by molar-refractivity contribution is 5.56. The van der Waals surface area contributed by atoms with Crippen molar-refractivity contribution in [3.8, 4) is 11.5 Å². The molecule has 1 aromatic rings. The van der Waals surface area contributed by atoms with E-state index in [0.717, 1.165) is 11.5 Å². The van der Waals surface area contributed by atoms with E-state index >= 15 is 0 Å². The van der Waals surface area contributed by atoms with E-state index < -0.39 is 0 Å². The molecule has 0 heterocycles. The zero-order chi connectivity index (χ0) is 11.4. The first-order chi connectivity index (χ1) is 7.04. The predicted molar refractivity (Wildman–Crippen MR) is 62.3 cm³/mol. The number of benzene rings is 1. The molecule has 0 aliphatic rings. The van der Waals surface area contributed by atoms with Gasteiger partial charge in [-0.05, 0) is 25.0 Å². The van der Waals surface area contributed by atoms with Crippen LogP contribution < -0.4 is 15.2 Å². The smallest absolute Gasteiger partial charge is 0.142 e. The second kappa shape index (κ2) is 4.91. The molecule has 1 unspecified atom stereocenters. The Kier molecular flexibility index (Phi) is 3.83. The molecule has 0 aliphatic heterocycles. The molecule has 1 aromatic carbocycles. The van der Waals surface area contributed by atoms with Crippen LogP contribution in [-0.4, -0.2) is 13.2 Å². The molecule has 0 aliphatic carbocycles. The van der Waals surface area contributed by atoms with Gasteiger partial charge < -0.3 is 15.2 Å². The molecular weight excluding hydrogens is 190 g/mol. The number of ether oxygens (including phenoxy) is 2. The maximum atomic E-state index is 5.84. The van der Waals surface area contributed by atoms with Gasteiger partial charge in [0.2, 0.25) is 0 Å². The Hall–Kier alpha value is -1.38. The Morgan fingerprint density at radius 1 is 1.20 bits per heavy atom. The molecule has 0 amide bonds. The van der Waals surface area contributed by atoms with E-state index in [2.05, 4.69) is 13.8 Å². The summed E-state index contributed by atoms with van der Waals surface area (Å²) >= 11 is 0. The summed E-state index contributed by atoms with van der Waals surface area (Å²) in [5, 5.41) is 0. The molecule has 84 valence electrons. The third-order valence-electron chi connectivity index (χ3n) is 2.47. The van der Waals surface area contributed by atoms with E-state index in [1.165, 1.54) is 0 Å². The fourth-order valence-corrected chi connectivity index (χ4v) is 1.10. The molecule has 0 fully saturated rings. The number of hydrogen-bond acceptors (Lipinski definition) is 3. The highest BCUT2D eigenvalue weighted by Crippen LogP contribution is 2.27. The topological polar surface area (TPSA) is 44.5 Å². The Labute approximate surface area is 91.2 Å². The standard InChI is InChI=1S/C12H19NO2/c1-8(2)9(3)15-12-6-5-10(14-4)7-11(12)13/h5-9H,13H2,1-4H3. The van der Waals surface area contributed by atoms with E-state index in [4.69, 9.17) is 15.2 Å². The Balaban J connectivity index is 2.78. The number of nitrogen functional groups attached to an aromatic ring is 1. The molecule has 0 saturated heterocycles. The van der Waals surface area contributed by atoms with Crippen molar-refractivity contribution in [2.24, 2.45) is 5.92 Å². The van der Waals surface area contributed by atoms with Crippen LogP contribution in [0.5, 0.6) is 11.5 Å². The van der Waals surface area contributed by atoms with Gasteiger partial charge in [-0.2, -0.15) is 0 Å². The molecule has 0 aromatic heterocycles. The largest absolute Gasteiger partial charge is 0.497 e. The molecule has 1 atom stereocenters. The quantitative estimate of drug-likeness (QED) is 0.775. The normalized spacial score (nSPS) is 12.6. The average Bonchev–Trinajstić information content (AvgIpc) is 2.20. The first-order valence-electron chi connectivity index (χ1n) is 5.14. The lowest BCUT2D eigenvalue weighted by Crippen LogP contribution is -2.19. The summed E-state index contributed by atoms with van der Waals surface area (Å²) in [5.74, 6) is 1.93. The predicted octanol–water partition coefficient (Wildman–Crippen LogP) is 2.70. The van der Waals surface area contributed by atoms with Crippen molar-refractivity contribution in [1.29, 1.82) is 0 Å². The molecule has 1 rings (SSSR count). The molecule has 3 nitrogen and oxygen atoms in total. The van der Waals surface area contributed by atoms with Crippen LogP contribution in [-0.2, 0) is 0 Å². The molecule has 15 heavy (non-hydrogen) atoms. The van der Waals surface area contributed by atoms with Crippen LogP contribution >= 0.6 is 0 Å². The second-order valence-corrected chi connectivity index (χ2v) is 3.97. The number of nitrogens with two attached hydrogens (primary N) is 1. The molecule has 3 heteroatoms. The van der Waals surface area contributed by atoms with Crippen molar-refractivity contribution in [1.82, 2.24) is 0 Å². The van der Waals surface area contributed by atoms with Gasteiger partial charge in [0.25, 0.3) is 0 Å². The van der Waals surface area contributed by atoms with E-state index in [0.29, 0.717) is 11.6 Å². The first-order valence-corrected chi connectivity index (χ1v) is 5.14. The van der Waals surface area contributed by atoms with E-state index in [-0.39, 0.29) is 6.10 Å². The molecule has 0 bridgehead atoms. The van der Waals surface area contributed by atoms with Crippen LogP contribution in [0.1, 0.15) is 20.8 Å². The molecular formula is C12H19NO2. The molecule has 2 N–H and O–H groups in total. The third-order valence-corrected chi connectivity index (χ3v) is 2.47. The van der Waals surface area contributed by atoms with Gasteiger partial charge in [-0.25, -0.2) is 0 Å². The van der Waals surface area contributed by atoms with E-state index in [1.807, 2.05) is 19.1 Å². The lowest BCUT2D eigenvalue weighted by atomic mass is 10.1. The fourth-order valence-electron chi connectivity index (χ4n) is 1.10. The van der Waals surface area contributed by atoms with Gasteiger partial charge in [-0.1, -0.05) is 13.8 Å². The zero-order valence-corrected chi connectivity index (χ0v) is 9.78. The van der Waals surface area contributed by atoms with Crippen LogP contribution in [0.3, 0.4) is 0 Å². The highest BCUT2D eigenvalue weighted by atomic mass is 16.5. The van der Waals surface area contributed by atoms with E-state index in [9.17, 15) is 0 Å². The Morgan fingerprint density at radius 2 is 1.87 bits per heavy atom. The Bertz CT molecular complexity index is 323. The van der Waals surface area contributed by atoms with Gasteiger partial charge in [0.05, 0.1) is 18.9 Å². The van der Waals surface area contributed by atoms with Crippen LogP contribution in [0.25, 0.3) is 0 Å². The lowest BCUT2D eigenvalue weighted by molar-refractivity contribution is 0.171. The van der Waals surface area contributed by atoms with Crippen molar-refractivity contribution >= 4 is 5.69 Å². The van der Waals surface area contributed by atoms with Gasteiger partial charge in [0.15, 0.2) is 0 Å². The molecule has 0 saturated carbocycles. The highest BCUT2D eigenvalue weighted by Gasteiger charge is 2.10. The summed E-state index contributed by atoms with van der Waals surface area (Å²) < 4.78 is 10.8. The molecule has 0 spiro atoms. The minimum Gasteiger partial charge on any atom is -0.497 e. The van der Waals surface area contributed by atoms with Crippen molar-refractivity contribution in [3.05, 3.63) is 18.2 Å². The summed E-state index contributed by atoms with van der Waals surface area (Å²) in [7, 11) is 1.62. The van der Waals surface area contributed by atoms with Crippen molar-refractivity contribution < 1.29 is 9.47 Å². The zero-order valence-electron chi connectivity index (χ0n) is 9.78. The average molecular weight is 209 g/mol. The van der Waals surface area contributed by atoms with Crippen LogP contribution in [0.4, 0.5) is 5.69 Å². The second-order valence-electron chi connectivity index (χ2n) is 3.97. The minimum atomic E-state index is 0.153. The first kappa shape index (κ1) is 11.7. The van der Waals surface area contributed by atoms with Gasteiger partial charge in [-0.15, -0.1) is 0 Å². The van der Waals surface area contributed by atoms with E-state index in [1.54, 1.807) is 13.2 Å². The van der Waals surface area contributed by atoms with Crippen molar-refractivity contribution in [2.75, 3.05) is 12.8 Å². The van der Waals surface area contributed by atoms with Gasteiger partial charge in [-0.3, -0.25) is 0 Å². The number of methoxy groups -OCH3 is 1. The summed E-state index contributed by atoms with van der Waals surface area (Å²) in [6, 6.07) is 5.45. The Morgan fingerprint density at radius 3 is 2.33 bits per heavy atom. The number of anilines is 1. The summed E-state index contributed by atoms with van der Waals surface area (Å²) in [4.78, 5) is 0. The van der Waals surface area contributed by atoms with Crippen molar-refractivity contribution in [3.63, 3.8) is 0 Å². The van der Waals surface area contributed by atoms with Crippen molar-refractivity contribution in [2.45, 2.75) is 26.9 Å². The number of rotatable bonds is 4. The summed E-state index contributed by atoms with van der Waals surface area (Å²) in [6.07, 6.45) is 0.153. The van der Waals surface area contributed by atoms with Gasteiger partial charge >= 0.3 is 0 Å². The summed E-state index contributed by atoms with van der Waals surface area (Å²) in [5.41, 5.74) is 6.45. The maximum absolute atomic E-state index is 5.84. The SMILES string of the molecule is COc1ccc(OC(C)C(C)C)c(N)c1. The monoisotopic (exact) mass is 209 g/mol. The summed E-state index contributed by atoms with van der Waals surface area (Å²) in [6.45, 7) is 6.27. The lowest BCUT2D eigenvalue weighted by Gasteiger charge is -2.19. The number of hydrogen-bond donors (Lipinski definition) is 1. The van der Waals surface area contributed by atoms with Crippen LogP contribution in [0, 0.1) is 5.92 Å². The third kappa shape index (κ3) is 3.05. The van der Waals surface area contributed by atoms with Crippen LogP contribution in [0.2, 0.25) is 0 Å². The van der Waals surface area contributed by atoms with Crippen LogP contribution in [0.15, 0.2) is 18.2 Å². The van der Waals surface area contributed by atoms with Gasteiger partial charge in [0, 0.05) is 6.07 Å². The molecule has 0 radical (unpaired) electrons. The maximum Gasteiger partial charge on any atom is 0.142 e.